The highest BCUT2D eigenvalue weighted by Gasteiger charge is 2.19. The van der Waals surface area contributed by atoms with Crippen molar-refractivity contribution in [2.45, 2.75) is 31.8 Å². The van der Waals surface area contributed by atoms with Crippen molar-refractivity contribution in [3.8, 4) is 0 Å². The first-order chi connectivity index (χ1) is 9.42. The number of hydrogen-bond donors (Lipinski definition) is 2. The summed E-state index contributed by atoms with van der Waals surface area (Å²) in [6, 6.07) is 6.79. The second-order valence-electron chi connectivity index (χ2n) is 4.64. The first-order valence-electron chi connectivity index (χ1n) is 6.29. The van der Waals surface area contributed by atoms with E-state index in [0.29, 0.717) is 0 Å². The Morgan fingerprint density at radius 3 is 2.65 bits per heavy atom. The van der Waals surface area contributed by atoms with Crippen LogP contribution in [0.4, 0.5) is 0 Å². The Labute approximate surface area is 127 Å². The molecule has 0 aliphatic rings. The van der Waals surface area contributed by atoms with E-state index in [0.717, 1.165) is 10.0 Å². The van der Waals surface area contributed by atoms with Gasteiger partial charge in [-0.2, -0.15) is 0 Å². The molecule has 0 aliphatic heterocycles. The molecule has 0 bridgehead atoms. The summed E-state index contributed by atoms with van der Waals surface area (Å²) >= 11 is 3.37. The minimum absolute atomic E-state index is 0.0810. The Morgan fingerprint density at radius 2 is 2.10 bits per heavy atom. The van der Waals surface area contributed by atoms with E-state index in [1.54, 1.807) is 6.92 Å². The maximum Gasteiger partial charge on any atom is 0.307 e. The van der Waals surface area contributed by atoms with Crippen LogP contribution in [-0.2, 0) is 14.3 Å². The minimum Gasteiger partial charge on any atom is -0.469 e. The summed E-state index contributed by atoms with van der Waals surface area (Å²) < 4.78 is 5.55. The maximum absolute atomic E-state index is 11.8. The van der Waals surface area contributed by atoms with Gasteiger partial charge in [-0.25, -0.2) is 0 Å². The van der Waals surface area contributed by atoms with E-state index < -0.39 is 6.04 Å². The molecule has 0 spiro atoms. The van der Waals surface area contributed by atoms with Crippen LogP contribution < -0.4 is 11.1 Å². The van der Waals surface area contributed by atoms with Crippen LogP contribution in [0.3, 0.4) is 0 Å². The van der Waals surface area contributed by atoms with Crippen LogP contribution >= 0.6 is 15.9 Å². The van der Waals surface area contributed by atoms with Gasteiger partial charge in [-0.15, -0.1) is 0 Å². The largest absolute Gasteiger partial charge is 0.469 e. The van der Waals surface area contributed by atoms with Crippen molar-refractivity contribution in [1.82, 2.24) is 5.32 Å². The van der Waals surface area contributed by atoms with Gasteiger partial charge in [0.15, 0.2) is 0 Å². The fourth-order valence-electron chi connectivity index (χ4n) is 1.77. The van der Waals surface area contributed by atoms with E-state index in [9.17, 15) is 9.59 Å². The minimum atomic E-state index is -0.425. The van der Waals surface area contributed by atoms with Crippen molar-refractivity contribution in [3.63, 3.8) is 0 Å². The molecule has 6 heteroatoms. The average molecular weight is 343 g/mol. The zero-order chi connectivity index (χ0) is 15.1. The van der Waals surface area contributed by atoms with E-state index in [-0.39, 0.29) is 30.8 Å². The predicted molar refractivity (Wildman–Crippen MR) is 79.9 cm³/mol. The first-order valence-corrected chi connectivity index (χ1v) is 7.09. The van der Waals surface area contributed by atoms with Crippen molar-refractivity contribution >= 4 is 27.8 Å². The van der Waals surface area contributed by atoms with Crippen LogP contribution in [0, 0.1) is 0 Å². The second kappa shape index (κ2) is 8.01. The number of esters is 1. The van der Waals surface area contributed by atoms with Crippen molar-refractivity contribution < 1.29 is 14.3 Å². The summed E-state index contributed by atoms with van der Waals surface area (Å²) in [6.07, 6.45) is 0.295. The number of carbonyl (C=O) groups excluding carboxylic acids is 2. The van der Waals surface area contributed by atoms with E-state index in [1.165, 1.54) is 7.11 Å². The molecule has 0 aliphatic carbocycles. The van der Waals surface area contributed by atoms with Crippen molar-refractivity contribution in [1.29, 1.82) is 0 Å². The fraction of sp³-hybridized carbons (Fsp3) is 0.429. The zero-order valence-corrected chi connectivity index (χ0v) is 13.1. The number of benzene rings is 1. The topological polar surface area (TPSA) is 81.4 Å². The lowest BCUT2D eigenvalue weighted by Crippen LogP contribution is -2.34. The van der Waals surface area contributed by atoms with E-state index in [4.69, 9.17) is 5.73 Å². The van der Waals surface area contributed by atoms with Gasteiger partial charge >= 0.3 is 5.97 Å². The van der Waals surface area contributed by atoms with Gasteiger partial charge in [-0.1, -0.05) is 28.1 Å². The molecule has 0 heterocycles. The molecule has 5 nitrogen and oxygen atoms in total. The molecule has 1 aromatic rings. The molecule has 0 saturated heterocycles. The standard InChI is InChI=1S/C14H19BrN2O3/c1-9(16)6-13(18)17-12(8-14(19)20-2)10-4-3-5-11(15)7-10/h3-5,7,9,12H,6,8,16H2,1-2H3,(H,17,18). The average Bonchev–Trinajstić information content (AvgIpc) is 2.36. The Balaban J connectivity index is 2.85. The van der Waals surface area contributed by atoms with Crippen molar-refractivity contribution in [3.05, 3.63) is 34.3 Å². The third-order valence-corrected chi connectivity index (χ3v) is 3.19. The van der Waals surface area contributed by atoms with Crippen LogP contribution in [0.25, 0.3) is 0 Å². The monoisotopic (exact) mass is 342 g/mol. The third-order valence-electron chi connectivity index (χ3n) is 2.69. The highest BCUT2D eigenvalue weighted by atomic mass is 79.9. The molecular formula is C14H19BrN2O3. The highest BCUT2D eigenvalue weighted by molar-refractivity contribution is 9.10. The molecule has 2 atom stereocenters. The Hall–Kier alpha value is -1.40. The molecule has 1 amide bonds. The lowest BCUT2D eigenvalue weighted by molar-refractivity contribution is -0.141. The first kappa shape index (κ1) is 16.7. The summed E-state index contributed by atoms with van der Waals surface area (Å²) in [5.74, 6) is -0.565. The van der Waals surface area contributed by atoms with Crippen LogP contribution in [0.15, 0.2) is 28.7 Å². The summed E-state index contributed by atoms with van der Waals surface area (Å²) in [6.45, 7) is 1.76. The molecular weight excluding hydrogens is 324 g/mol. The lowest BCUT2D eigenvalue weighted by Gasteiger charge is -2.19. The Morgan fingerprint density at radius 1 is 1.40 bits per heavy atom. The Kier molecular flexibility index (Phi) is 6.67. The maximum atomic E-state index is 11.8. The summed E-state index contributed by atoms with van der Waals surface area (Å²) in [5.41, 5.74) is 6.44. The molecule has 0 aromatic heterocycles. The van der Waals surface area contributed by atoms with Crippen LogP contribution in [-0.4, -0.2) is 25.0 Å². The SMILES string of the molecule is COC(=O)CC(NC(=O)CC(C)N)c1cccc(Br)c1. The highest BCUT2D eigenvalue weighted by Crippen LogP contribution is 2.21. The Bertz CT molecular complexity index is 477. The molecule has 3 N–H and O–H groups in total. The van der Waals surface area contributed by atoms with Gasteiger partial charge in [0.2, 0.25) is 5.91 Å². The quantitative estimate of drug-likeness (QED) is 0.773. The molecule has 20 heavy (non-hydrogen) atoms. The van der Waals surface area contributed by atoms with Crippen LogP contribution in [0.1, 0.15) is 31.4 Å². The second-order valence-corrected chi connectivity index (χ2v) is 5.55. The third kappa shape index (κ3) is 5.71. The number of halogens is 1. The van der Waals surface area contributed by atoms with Gasteiger partial charge in [-0.05, 0) is 24.6 Å². The summed E-state index contributed by atoms with van der Waals surface area (Å²) in [5, 5.41) is 2.82. The smallest absolute Gasteiger partial charge is 0.307 e. The van der Waals surface area contributed by atoms with Gasteiger partial charge in [0.05, 0.1) is 19.6 Å². The van der Waals surface area contributed by atoms with E-state index in [1.807, 2.05) is 24.3 Å². The molecule has 1 rings (SSSR count). The molecule has 2 unspecified atom stereocenters. The number of hydrogen-bond acceptors (Lipinski definition) is 4. The van der Waals surface area contributed by atoms with Gasteiger partial charge in [0.1, 0.15) is 0 Å². The van der Waals surface area contributed by atoms with E-state index in [2.05, 4.69) is 26.0 Å². The van der Waals surface area contributed by atoms with E-state index >= 15 is 0 Å². The van der Waals surface area contributed by atoms with Gasteiger partial charge < -0.3 is 15.8 Å². The van der Waals surface area contributed by atoms with Crippen molar-refractivity contribution in [2.75, 3.05) is 7.11 Å². The van der Waals surface area contributed by atoms with Crippen LogP contribution in [0.5, 0.6) is 0 Å². The molecule has 1 aromatic carbocycles. The predicted octanol–water partition coefficient (Wildman–Crippen LogP) is 1.91. The number of nitrogens with two attached hydrogens (primary N) is 1. The zero-order valence-electron chi connectivity index (χ0n) is 11.6. The fourth-order valence-corrected chi connectivity index (χ4v) is 2.19. The van der Waals surface area contributed by atoms with Crippen LogP contribution in [0.2, 0.25) is 0 Å². The number of carbonyl (C=O) groups is 2. The summed E-state index contributed by atoms with van der Waals surface area (Å²) in [4.78, 5) is 23.3. The molecule has 0 fully saturated rings. The lowest BCUT2D eigenvalue weighted by atomic mass is 10.0. The van der Waals surface area contributed by atoms with Gasteiger partial charge in [0.25, 0.3) is 0 Å². The number of ether oxygens (including phenoxy) is 1. The van der Waals surface area contributed by atoms with Crippen molar-refractivity contribution in [2.24, 2.45) is 5.73 Å². The number of amides is 1. The number of rotatable bonds is 6. The van der Waals surface area contributed by atoms with Gasteiger partial charge in [0, 0.05) is 16.9 Å². The molecule has 0 radical (unpaired) electrons. The number of nitrogens with one attached hydrogen (secondary N) is 1. The van der Waals surface area contributed by atoms with Gasteiger partial charge in [-0.3, -0.25) is 9.59 Å². The molecule has 110 valence electrons. The molecule has 0 saturated carbocycles. The normalized spacial score (nSPS) is 13.4. The number of methoxy groups -OCH3 is 1. The summed E-state index contributed by atoms with van der Waals surface area (Å²) in [7, 11) is 1.32.